The topological polar surface area (TPSA) is 80.9 Å². The monoisotopic (exact) mass is 318 g/mol. The summed E-state index contributed by atoms with van der Waals surface area (Å²) in [6, 6.07) is 3.60. The minimum absolute atomic E-state index is 0.275. The molecule has 0 saturated heterocycles. The Labute approximate surface area is 127 Å². The molecule has 3 aromatic heterocycles. The fourth-order valence-corrected chi connectivity index (χ4v) is 3.51. The fourth-order valence-electron chi connectivity index (χ4n) is 1.83. The third kappa shape index (κ3) is 2.59. The first-order valence-electron chi connectivity index (χ1n) is 6.44. The van der Waals surface area contributed by atoms with Gasteiger partial charge in [0.05, 0.1) is 6.26 Å². The molecule has 0 atom stereocenters. The molecule has 0 radical (unpaired) electrons. The molecular weight excluding hydrogens is 308 g/mol. The highest BCUT2D eigenvalue weighted by molar-refractivity contribution is 7.15. The van der Waals surface area contributed by atoms with Crippen molar-refractivity contribution < 1.29 is 9.21 Å². The van der Waals surface area contributed by atoms with E-state index in [1.54, 1.807) is 17.7 Å². The van der Waals surface area contributed by atoms with Crippen molar-refractivity contribution in [2.24, 2.45) is 0 Å². The van der Waals surface area contributed by atoms with Crippen LogP contribution in [0.1, 0.15) is 34.3 Å². The minimum atomic E-state index is -0.275. The molecule has 106 valence electrons. The van der Waals surface area contributed by atoms with E-state index in [-0.39, 0.29) is 5.91 Å². The maximum absolute atomic E-state index is 12.1. The molecule has 0 unspecified atom stereocenters. The molecule has 3 aromatic rings. The average molecular weight is 318 g/mol. The van der Waals surface area contributed by atoms with Crippen LogP contribution in [0.15, 0.2) is 28.2 Å². The molecule has 0 aliphatic heterocycles. The van der Waals surface area contributed by atoms with Gasteiger partial charge in [-0.05, 0) is 25.0 Å². The number of amides is 1. The molecule has 0 spiro atoms. The predicted octanol–water partition coefficient (Wildman–Crippen LogP) is 3.38. The summed E-state index contributed by atoms with van der Waals surface area (Å²) in [5.41, 5.74) is 0.356. The molecule has 1 N–H and O–H groups in total. The van der Waals surface area contributed by atoms with E-state index in [0.29, 0.717) is 27.5 Å². The highest BCUT2D eigenvalue weighted by Gasteiger charge is 2.28. The maximum atomic E-state index is 12.1. The zero-order valence-electron chi connectivity index (χ0n) is 10.8. The number of thiazole rings is 1. The average Bonchev–Trinajstić information content (AvgIpc) is 2.94. The third-order valence-electron chi connectivity index (χ3n) is 3.06. The smallest absolute Gasteiger partial charge is 0.276 e. The van der Waals surface area contributed by atoms with Crippen LogP contribution in [0.3, 0.4) is 0 Å². The fraction of sp³-hybridized carbons (Fsp3) is 0.231. The highest BCUT2D eigenvalue weighted by atomic mass is 32.1. The van der Waals surface area contributed by atoms with E-state index in [0.717, 1.165) is 5.01 Å². The lowest BCUT2D eigenvalue weighted by atomic mass is 10.4. The summed E-state index contributed by atoms with van der Waals surface area (Å²) in [5, 5.41) is 14.7. The van der Waals surface area contributed by atoms with Gasteiger partial charge in [0.1, 0.15) is 10.7 Å². The van der Waals surface area contributed by atoms with Gasteiger partial charge in [0.15, 0.2) is 10.8 Å². The maximum Gasteiger partial charge on any atom is 0.276 e. The molecule has 8 heteroatoms. The molecule has 1 fully saturated rings. The number of nitrogens with one attached hydrogen (secondary N) is 1. The number of anilines is 1. The van der Waals surface area contributed by atoms with Crippen LogP contribution < -0.4 is 5.32 Å². The van der Waals surface area contributed by atoms with Crippen LogP contribution in [0.4, 0.5) is 5.13 Å². The molecular formula is C13H10N4O2S2. The van der Waals surface area contributed by atoms with Crippen LogP contribution >= 0.6 is 22.7 Å². The zero-order chi connectivity index (χ0) is 14.2. The van der Waals surface area contributed by atoms with Gasteiger partial charge in [-0.25, -0.2) is 4.98 Å². The molecule has 1 saturated carbocycles. The lowest BCUT2D eigenvalue weighted by molar-refractivity contribution is 0.102. The van der Waals surface area contributed by atoms with Crippen LogP contribution in [0, 0.1) is 0 Å². The van der Waals surface area contributed by atoms with E-state index in [4.69, 9.17) is 4.42 Å². The van der Waals surface area contributed by atoms with Crippen molar-refractivity contribution in [1.82, 2.24) is 15.2 Å². The first-order valence-corrected chi connectivity index (χ1v) is 8.13. The highest BCUT2D eigenvalue weighted by Crippen LogP contribution is 2.42. The Morgan fingerprint density at radius 1 is 1.38 bits per heavy atom. The number of hydrogen-bond acceptors (Lipinski definition) is 7. The minimum Gasteiger partial charge on any atom is -0.462 e. The van der Waals surface area contributed by atoms with Crippen LogP contribution in [0.25, 0.3) is 10.8 Å². The molecule has 0 bridgehead atoms. The van der Waals surface area contributed by atoms with Crippen LogP contribution in [0.5, 0.6) is 0 Å². The molecule has 1 aliphatic carbocycles. The normalized spacial score (nSPS) is 14.3. The van der Waals surface area contributed by atoms with E-state index in [1.807, 2.05) is 6.07 Å². The Balaban J connectivity index is 1.49. The van der Waals surface area contributed by atoms with Crippen molar-refractivity contribution in [3.63, 3.8) is 0 Å². The lowest BCUT2D eigenvalue weighted by Gasteiger charge is -1.96. The van der Waals surface area contributed by atoms with Gasteiger partial charge in [-0.1, -0.05) is 11.3 Å². The van der Waals surface area contributed by atoms with E-state index in [2.05, 4.69) is 20.5 Å². The van der Waals surface area contributed by atoms with Crippen molar-refractivity contribution >= 4 is 33.7 Å². The molecule has 21 heavy (non-hydrogen) atoms. The van der Waals surface area contributed by atoms with Crippen molar-refractivity contribution in [1.29, 1.82) is 0 Å². The quantitative estimate of drug-likeness (QED) is 0.797. The van der Waals surface area contributed by atoms with Crippen molar-refractivity contribution in [2.45, 2.75) is 18.8 Å². The van der Waals surface area contributed by atoms with Crippen molar-refractivity contribution in [2.75, 3.05) is 5.32 Å². The van der Waals surface area contributed by atoms with Gasteiger partial charge >= 0.3 is 0 Å². The van der Waals surface area contributed by atoms with E-state index in [1.165, 1.54) is 35.5 Å². The summed E-state index contributed by atoms with van der Waals surface area (Å²) in [6.07, 6.45) is 3.92. The number of aromatic nitrogens is 3. The largest absolute Gasteiger partial charge is 0.462 e. The molecule has 0 aromatic carbocycles. The zero-order valence-corrected chi connectivity index (χ0v) is 12.4. The molecule has 1 amide bonds. The Morgan fingerprint density at radius 2 is 2.29 bits per heavy atom. The van der Waals surface area contributed by atoms with E-state index >= 15 is 0 Å². The Hall–Kier alpha value is -2.06. The number of furan rings is 1. The predicted molar refractivity (Wildman–Crippen MR) is 79.7 cm³/mol. The Morgan fingerprint density at radius 3 is 3.05 bits per heavy atom. The summed E-state index contributed by atoms with van der Waals surface area (Å²) in [5.74, 6) is 0.923. The second-order valence-electron chi connectivity index (χ2n) is 4.69. The summed E-state index contributed by atoms with van der Waals surface area (Å²) in [4.78, 5) is 16.4. The Bertz CT molecular complexity index is 774. The van der Waals surface area contributed by atoms with Gasteiger partial charge in [0.2, 0.25) is 5.13 Å². The number of carbonyl (C=O) groups is 1. The molecule has 4 rings (SSSR count). The van der Waals surface area contributed by atoms with Crippen molar-refractivity contribution in [3.8, 4) is 10.8 Å². The van der Waals surface area contributed by atoms with Gasteiger partial charge in [0, 0.05) is 11.3 Å². The number of hydrogen-bond donors (Lipinski definition) is 1. The lowest BCUT2D eigenvalue weighted by Crippen LogP contribution is -2.12. The van der Waals surface area contributed by atoms with E-state index < -0.39 is 0 Å². The first-order chi connectivity index (χ1) is 10.3. The molecule has 1 aliphatic rings. The number of nitrogens with zero attached hydrogens (tertiary/aromatic N) is 3. The first kappa shape index (κ1) is 12.7. The van der Waals surface area contributed by atoms with Crippen molar-refractivity contribution in [3.05, 3.63) is 34.5 Å². The SMILES string of the molecule is O=C(Nc1nnc(C2CC2)s1)c1csc(-c2ccco2)n1. The molecule has 3 heterocycles. The standard InChI is InChI=1S/C13H10N4O2S2/c18-10(15-13-17-16-11(21-13)7-3-4-7)8-6-20-12(14-8)9-2-1-5-19-9/h1-2,5-7H,3-4H2,(H,15,17,18). The van der Waals surface area contributed by atoms with Crippen LogP contribution in [-0.2, 0) is 0 Å². The van der Waals surface area contributed by atoms with Gasteiger partial charge in [-0.2, -0.15) is 0 Å². The number of rotatable bonds is 4. The summed E-state index contributed by atoms with van der Waals surface area (Å²) in [7, 11) is 0. The van der Waals surface area contributed by atoms with Gasteiger partial charge in [-0.15, -0.1) is 21.5 Å². The summed E-state index contributed by atoms with van der Waals surface area (Å²) in [6.45, 7) is 0. The summed E-state index contributed by atoms with van der Waals surface area (Å²) < 4.78 is 5.26. The molecule has 6 nitrogen and oxygen atoms in total. The third-order valence-corrected chi connectivity index (χ3v) is 4.91. The number of carbonyl (C=O) groups excluding carboxylic acids is 1. The summed E-state index contributed by atoms with van der Waals surface area (Å²) >= 11 is 2.80. The second-order valence-corrected chi connectivity index (χ2v) is 6.56. The van der Waals surface area contributed by atoms with Crippen LogP contribution in [0.2, 0.25) is 0 Å². The Kier molecular flexibility index (Phi) is 3.04. The second kappa shape index (κ2) is 5.05. The van der Waals surface area contributed by atoms with Crippen LogP contribution in [-0.4, -0.2) is 21.1 Å². The van der Waals surface area contributed by atoms with Gasteiger partial charge < -0.3 is 4.42 Å². The van der Waals surface area contributed by atoms with Gasteiger partial charge in [-0.3, -0.25) is 10.1 Å². The van der Waals surface area contributed by atoms with Gasteiger partial charge in [0.25, 0.3) is 5.91 Å². The van der Waals surface area contributed by atoms with E-state index in [9.17, 15) is 4.79 Å².